The SMILES string of the molecule is Cc1cccc(OCCCN(C)C2CCCCC2)c1. The maximum Gasteiger partial charge on any atom is 0.119 e. The number of hydrogen-bond acceptors (Lipinski definition) is 2. The summed E-state index contributed by atoms with van der Waals surface area (Å²) in [4.78, 5) is 2.53. The molecule has 1 aromatic rings. The highest BCUT2D eigenvalue weighted by Gasteiger charge is 2.17. The van der Waals surface area contributed by atoms with Crippen molar-refractivity contribution >= 4 is 0 Å². The predicted molar refractivity (Wildman–Crippen MR) is 80.8 cm³/mol. The van der Waals surface area contributed by atoms with Crippen molar-refractivity contribution in [2.24, 2.45) is 0 Å². The fourth-order valence-corrected chi connectivity index (χ4v) is 2.91. The lowest BCUT2D eigenvalue weighted by molar-refractivity contribution is 0.177. The lowest BCUT2D eigenvalue weighted by atomic mass is 9.94. The first-order valence-electron chi connectivity index (χ1n) is 7.65. The first kappa shape index (κ1) is 14.4. The van der Waals surface area contributed by atoms with Crippen LogP contribution in [0.1, 0.15) is 44.1 Å². The Balaban J connectivity index is 1.63. The Labute approximate surface area is 117 Å². The zero-order valence-corrected chi connectivity index (χ0v) is 12.4. The molecular weight excluding hydrogens is 234 g/mol. The highest BCUT2D eigenvalue weighted by molar-refractivity contribution is 5.27. The van der Waals surface area contributed by atoms with E-state index in [9.17, 15) is 0 Å². The van der Waals surface area contributed by atoms with Gasteiger partial charge in [0.25, 0.3) is 0 Å². The van der Waals surface area contributed by atoms with Crippen LogP contribution in [0.25, 0.3) is 0 Å². The summed E-state index contributed by atoms with van der Waals surface area (Å²) in [7, 11) is 2.27. The van der Waals surface area contributed by atoms with Crippen LogP contribution in [0.2, 0.25) is 0 Å². The van der Waals surface area contributed by atoms with Crippen molar-refractivity contribution in [2.45, 2.75) is 51.5 Å². The minimum absolute atomic E-state index is 0.813. The Bertz CT molecular complexity index is 371. The van der Waals surface area contributed by atoms with E-state index in [4.69, 9.17) is 4.74 Å². The van der Waals surface area contributed by atoms with Gasteiger partial charge in [-0.2, -0.15) is 0 Å². The quantitative estimate of drug-likeness (QED) is 0.717. The maximum absolute atomic E-state index is 5.80. The summed E-state index contributed by atoms with van der Waals surface area (Å²) in [5.74, 6) is 1.00. The summed E-state index contributed by atoms with van der Waals surface area (Å²) in [5.41, 5.74) is 1.26. The van der Waals surface area contributed by atoms with Crippen LogP contribution in [0.4, 0.5) is 0 Å². The van der Waals surface area contributed by atoms with E-state index >= 15 is 0 Å². The third kappa shape index (κ3) is 4.87. The number of aryl methyl sites for hydroxylation is 1. The molecule has 0 heterocycles. The molecule has 0 bridgehead atoms. The zero-order valence-electron chi connectivity index (χ0n) is 12.4. The lowest BCUT2D eigenvalue weighted by Gasteiger charge is -2.31. The Kier molecular flexibility index (Phi) is 5.71. The van der Waals surface area contributed by atoms with Gasteiger partial charge in [0.1, 0.15) is 5.75 Å². The van der Waals surface area contributed by atoms with Crippen molar-refractivity contribution in [2.75, 3.05) is 20.2 Å². The van der Waals surface area contributed by atoms with Gasteiger partial charge in [0.2, 0.25) is 0 Å². The topological polar surface area (TPSA) is 12.5 Å². The third-order valence-corrected chi connectivity index (χ3v) is 4.11. The van der Waals surface area contributed by atoms with Crippen LogP contribution in [0, 0.1) is 6.92 Å². The number of hydrogen-bond donors (Lipinski definition) is 0. The van der Waals surface area contributed by atoms with Gasteiger partial charge in [0.05, 0.1) is 6.61 Å². The third-order valence-electron chi connectivity index (χ3n) is 4.11. The molecule has 2 nitrogen and oxygen atoms in total. The van der Waals surface area contributed by atoms with Crippen molar-refractivity contribution in [3.63, 3.8) is 0 Å². The van der Waals surface area contributed by atoms with Crippen LogP contribution in [-0.4, -0.2) is 31.1 Å². The van der Waals surface area contributed by atoms with E-state index in [0.717, 1.165) is 31.4 Å². The molecule has 1 aromatic carbocycles. The molecule has 1 aliphatic rings. The Hall–Kier alpha value is -1.02. The first-order chi connectivity index (χ1) is 9.25. The van der Waals surface area contributed by atoms with Crippen LogP contribution in [0.15, 0.2) is 24.3 Å². The standard InChI is InChI=1S/C17H27NO/c1-15-8-6-11-17(14-15)19-13-7-12-18(2)16-9-4-3-5-10-16/h6,8,11,14,16H,3-5,7,9-10,12-13H2,1-2H3. The van der Waals surface area contributed by atoms with Gasteiger partial charge >= 0.3 is 0 Å². The summed E-state index contributed by atoms with van der Waals surface area (Å²) in [6, 6.07) is 9.11. The zero-order chi connectivity index (χ0) is 13.5. The molecule has 0 unspecified atom stereocenters. The Morgan fingerprint density at radius 1 is 1.21 bits per heavy atom. The van der Waals surface area contributed by atoms with Crippen LogP contribution in [0.5, 0.6) is 5.75 Å². The molecule has 0 spiro atoms. The van der Waals surface area contributed by atoms with Gasteiger partial charge in [-0.1, -0.05) is 31.4 Å². The highest BCUT2D eigenvalue weighted by Crippen LogP contribution is 2.21. The van der Waals surface area contributed by atoms with Gasteiger partial charge in [-0.25, -0.2) is 0 Å². The van der Waals surface area contributed by atoms with Gasteiger partial charge in [-0.05, 0) is 50.9 Å². The van der Waals surface area contributed by atoms with E-state index in [-0.39, 0.29) is 0 Å². The molecule has 1 saturated carbocycles. The second kappa shape index (κ2) is 7.54. The largest absolute Gasteiger partial charge is 0.494 e. The molecule has 0 aliphatic heterocycles. The molecule has 106 valence electrons. The van der Waals surface area contributed by atoms with E-state index in [1.807, 2.05) is 6.07 Å². The summed E-state index contributed by atoms with van der Waals surface area (Å²) >= 11 is 0. The van der Waals surface area contributed by atoms with Gasteiger partial charge < -0.3 is 9.64 Å². The van der Waals surface area contributed by atoms with Gasteiger partial charge in [0, 0.05) is 12.6 Å². The molecule has 0 saturated heterocycles. The fraction of sp³-hybridized carbons (Fsp3) is 0.647. The molecule has 2 rings (SSSR count). The number of ether oxygens (including phenoxy) is 1. The molecule has 1 aliphatic carbocycles. The van der Waals surface area contributed by atoms with Crippen molar-refractivity contribution in [1.29, 1.82) is 0 Å². The summed E-state index contributed by atoms with van der Waals surface area (Å²) in [5, 5.41) is 0. The number of rotatable bonds is 6. The second-order valence-corrected chi connectivity index (χ2v) is 5.79. The lowest BCUT2D eigenvalue weighted by Crippen LogP contribution is -2.34. The predicted octanol–water partition coefficient (Wildman–Crippen LogP) is 4.03. The molecule has 1 fully saturated rings. The summed E-state index contributed by atoms with van der Waals surface area (Å²) in [6.45, 7) is 4.07. The molecule has 0 atom stereocenters. The Morgan fingerprint density at radius 3 is 2.74 bits per heavy atom. The van der Waals surface area contributed by atoms with Crippen LogP contribution < -0.4 is 4.74 Å². The summed E-state index contributed by atoms with van der Waals surface area (Å²) in [6.07, 6.45) is 8.13. The molecule has 0 N–H and O–H groups in total. The van der Waals surface area contributed by atoms with Gasteiger partial charge in [0.15, 0.2) is 0 Å². The second-order valence-electron chi connectivity index (χ2n) is 5.79. The number of nitrogens with zero attached hydrogens (tertiary/aromatic N) is 1. The van der Waals surface area contributed by atoms with E-state index in [1.165, 1.54) is 37.7 Å². The number of benzene rings is 1. The minimum Gasteiger partial charge on any atom is -0.494 e. The van der Waals surface area contributed by atoms with E-state index in [1.54, 1.807) is 0 Å². The van der Waals surface area contributed by atoms with Crippen LogP contribution in [0.3, 0.4) is 0 Å². The summed E-state index contributed by atoms with van der Waals surface area (Å²) < 4.78 is 5.80. The minimum atomic E-state index is 0.813. The average Bonchev–Trinajstić information content (AvgIpc) is 2.44. The van der Waals surface area contributed by atoms with Gasteiger partial charge in [-0.15, -0.1) is 0 Å². The highest BCUT2D eigenvalue weighted by atomic mass is 16.5. The van der Waals surface area contributed by atoms with E-state index < -0.39 is 0 Å². The van der Waals surface area contributed by atoms with Crippen molar-refractivity contribution < 1.29 is 4.74 Å². The Morgan fingerprint density at radius 2 is 2.00 bits per heavy atom. The van der Waals surface area contributed by atoms with Crippen molar-refractivity contribution in [1.82, 2.24) is 4.90 Å². The first-order valence-corrected chi connectivity index (χ1v) is 7.65. The van der Waals surface area contributed by atoms with Crippen molar-refractivity contribution in [3.05, 3.63) is 29.8 Å². The van der Waals surface area contributed by atoms with Crippen molar-refractivity contribution in [3.8, 4) is 5.75 Å². The molecule has 2 heteroatoms. The average molecular weight is 261 g/mol. The molecular formula is C17H27NO. The molecule has 0 aromatic heterocycles. The normalized spacial score (nSPS) is 16.8. The molecule has 0 amide bonds. The van der Waals surface area contributed by atoms with E-state index in [2.05, 4.69) is 37.1 Å². The molecule has 19 heavy (non-hydrogen) atoms. The fourth-order valence-electron chi connectivity index (χ4n) is 2.91. The van der Waals surface area contributed by atoms with Crippen LogP contribution >= 0.6 is 0 Å². The monoisotopic (exact) mass is 261 g/mol. The van der Waals surface area contributed by atoms with Gasteiger partial charge in [-0.3, -0.25) is 0 Å². The van der Waals surface area contributed by atoms with Crippen LogP contribution in [-0.2, 0) is 0 Å². The maximum atomic E-state index is 5.80. The van der Waals surface area contributed by atoms with E-state index in [0.29, 0.717) is 0 Å². The smallest absolute Gasteiger partial charge is 0.119 e. The molecule has 0 radical (unpaired) electrons.